The van der Waals surface area contributed by atoms with E-state index in [4.69, 9.17) is 10.5 Å². The molecule has 0 aliphatic heterocycles. The Bertz CT molecular complexity index is 855. The van der Waals surface area contributed by atoms with Crippen molar-refractivity contribution < 1.29 is 13.9 Å². The minimum atomic E-state index is -0.747. The fraction of sp³-hybridized carbons (Fsp3) is 0.211. The van der Waals surface area contributed by atoms with Gasteiger partial charge in [-0.1, -0.05) is 30.3 Å². The molecule has 0 amide bonds. The molecule has 4 nitrogen and oxygen atoms in total. The van der Waals surface area contributed by atoms with Gasteiger partial charge in [0.2, 0.25) is 0 Å². The lowest BCUT2D eigenvalue weighted by atomic mass is 10.0. The molecule has 0 unspecified atom stereocenters. The Morgan fingerprint density at radius 1 is 1.21 bits per heavy atom. The van der Waals surface area contributed by atoms with Gasteiger partial charge in [-0.25, -0.2) is 4.39 Å². The van der Waals surface area contributed by atoms with Crippen molar-refractivity contribution >= 4 is 16.9 Å². The third kappa shape index (κ3) is 3.46. The van der Waals surface area contributed by atoms with Crippen molar-refractivity contribution in [3.05, 3.63) is 71.2 Å². The minimum Gasteiger partial charge on any atom is -0.460 e. The SMILES string of the molecule is Cc1[nH]c2ccccc2c1C[C@H](N)C(=O)OCc1ccc(F)cc1. The van der Waals surface area contributed by atoms with Crippen molar-refractivity contribution in [2.24, 2.45) is 5.73 Å². The van der Waals surface area contributed by atoms with Crippen LogP contribution in [0.2, 0.25) is 0 Å². The molecule has 0 aliphatic carbocycles. The lowest BCUT2D eigenvalue weighted by molar-refractivity contribution is -0.146. The molecule has 0 spiro atoms. The van der Waals surface area contributed by atoms with Crippen LogP contribution in [0, 0.1) is 12.7 Å². The molecule has 5 heteroatoms. The van der Waals surface area contributed by atoms with Crippen LogP contribution < -0.4 is 5.73 Å². The number of carbonyl (C=O) groups excluding carboxylic acids is 1. The molecule has 0 saturated heterocycles. The van der Waals surface area contributed by atoms with Gasteiger partial charge in [-0.15, -0.1) is 0 Å². The smallest absolute Gasteiger partial charge is 0.323 e. The average molecular weight is 326 g/mol. The summed E-state index contributed by atoms with van der Waals surface area (Å²) in [7, 11) is 0. The summed E-state index contributed by atoms with van der Waals surface area (Å²) in [6.45, 7) is 2.05. The molecule has 0 saturated carbocycles. The van der Waals surface area contributed by atoms with E-state index in [9.17, 15) is 9.18 Å². The van der Waals surface area contributed by atoms with E-state index in [1.165, 1.54) is 12.1 Å². The summed E-state index contributed by atoms with van der Waals surface area (Å²) in [4.78, 5) is 15.4. The van der Waals surface area contributed by atoms with Gasteiger partial charge in [-0.3, -0.25) is 4.79 Å². The number of nitrogens with one attached hydrogen (secondary N) is 1. The van der Waals surface area contributed by atoms with E-state index < -0.39 is 12.0 Å². The number of halogens is 1. The number of rotatable bonds is 5. The van der Waals surface area contributed by atoms with Gasteiger partial charge < -0.3 is 15.5 Å². The summed E-state index contributed by atoms with van der Waals surface area (Å²) < 4.78 is 18.1. The third-order valence-corrected chi connectivity index (χ3v) is 4.05. The zero-order valence-corrected chi connectivity index (χ0v) is 13.4. The number of esters is 1. The maximum atomic E-state index is 12.9. The van der Waals surface area contributed by atoms with Crippen molar-refractivity contribution in [1.29, 1.82) is 0 Å². The van der Waals surface area contributed by atoms with Gasteiger partial charge in [0, 0.05) is 23.0 Å². The molecule has 3 N–H and O–H groups in total. The van der Waals surface area contributed by atoms with E-state index in [2.05, 4.69) is 4.98 Å². The predicted octanol–water partition coefficient (Wildman–Crippen LogP) is 3.23. The van der Waals surface area contributed by atoms with Crippen LogP contribution in [0.5, 0.6) is 0 Å². The van der Waals surface area contributed by atoms with Crippen LogP contribution in [-0.2, 0) is 22.6 Å². The van der Waals surface area contributed by atoms with Crippen molar-refractivity contribution in [3.8, 4) is 0 Å². The maximum Gasteiger partial charge on any atom is 0.323 e. The summed E-state index contributed by atoms with van der Waals surface area (Å²) >= 11 is 0. The number of hydrogen-bond donors (Lipinski definition) is 2. The van der Waals surface area contributed by atoms with Gasteiger partial charge in [-0.2, -0.15) is 0 Å². The fourth-order valence-electron chi connectivity index (χ4n) is 2.74. The number of benzene rings is 2. The van der Waals surface area contributed by atoms with E-state index >= 15 is 0 Å². The van der Waals surface area contributed by atoms with Crippen molar-refractivity contribution in [2.75, 3.05) is 0 Å². The van der Waals surface area contributed by atoms with Crippen molar-refractivity contribution in [1.82, 2.24) is 4.98 Å². The number of ether oxygens (including phenoxy) is 1. The lowest BCUT2D eigenvalue weighted by Gasteiger charge is -2.12. The molecular weight excluding hydrogens is 307 g/mol. The van der Waals surface area contributed by atoms with Crippen LogP contribution in [0.1, 0.15) is 16.8 Å². The maximum absolute atomic E-state index is 12.9. The summed E-state index contributed by atoms with van der Waals surface area (Å²) in [5.74, 6) is -0.791. The number of fused-ring (bicyclic) bond motifs is 1. The molecule has 0 bridgehead atoms. The summed E-state index contributed by atoms with van der Waals surface area (Å²) in [6.07, 6.45) is 0.401. The molecule has 0 radical (unpaired) electrons. The molecule has 1 heterocycles. The molecule has 1 aromatic heterocycles. The largest absolute Gasteiger partial charge is 0.460 e. The Balaban J connectivity index is 1.65. The first-order valence-corrected chi connectivity index (χ1v) is 7.77. The first kappa shape index (κ1) is 16.2. The number of nitrogens with two attached hydrogens (primary N) is 1. The standard InChI is InChI=1S/C19H19FN2O2/c1-12-16(15-4-2-3-5-18(15)22-12)10-17(21)19(23)24-11-13-6-8-14(20)9-7-13/h2-9,17,22H,10-11,21H2,1H3/t17-/m0/s1. The van der Waals surface area contributed by atoms with E-state index in [0.29, 0.717) is 6.42 Å². The van der Waals surface area contributed by atoms with Gasteiger partial charge >= 0.3 is 5.97 Å². The summed E-state index contributed by atoms with van der Waals surface area (Å²) in [5.41, 5.74) is 9.78. The van der Waals surface area contributed by atoms with Crippen LogP contribution in [0.3, 0.4) is 0 Å². The number of aromatic nitrogens is 1. The van der Waals surface area contributed by atoms with Crippen molar-refractivity contribution in [3.63, 3.8) is 0 Å². The fourth-order valence-corrected chi connectivity index (χ4v) is 2.74. The molecule has 24 heavy (non-hydrogen) atoms. The Labute approximate surface area is 139 Å². The molecule has 1 atom stereocenters. The van der Waals surface area contributed by atoms with Crippen LogP contribution in [-0.4, -0.2) is 17.0 Å². The number of para-hydroxylation sites is 1. The summed E-state index contributed by atoms with van der Waals surface area (Å²) in [6, 6.07) is 13.0. The van der Waals surface area contributed by atoms with E-state index in [-0.39, 0.29) is 12.4 Å². The van der Waals surface area contributed by atoms with Crippen LogP contribution in [0.25, 0.3) is 10.9 Å². The van der Waals surface area contributed by atoms with Gasteiger partial charge in [0.15, 0.2) is 0 Å². The average Bonchev–Trinajstić information content (AvgIpc) is 2.90. The quantitative estimate of drug-likeness (QED) is 0.707. The zero-order valence-electron chi connectivity index (χ0n) is 13.4. The minimum absolute atomic E-state index is 0.0830. The highest BCUT2D eigenvalue weighted by molar-refractivity contribution is 5.86. The van der Waals surface area contributed by atoms with Gasteiger partial charge in [0.1, 0.15) is 18.5 Å². The van der Waals surface area contributed by atoms with Crippen LogP contribution in [0.4, 0.5) is 4.39 Å². The second-order valence-corrected chi connectivity index (χ2v) is 5.82. The molecule has 2 aromatic carbocycles. The number of aryl methyl sites for hydroxylation is 1. The Hall–Kier alpha value is -2.66. The Morgan fingerprint density at radius 2 is 1.92 bits per heavy atom. The van der Waals surface area contributed by atoms with Crippen molar-refractivity contribution in [2.45, 2.75) is 26.0 Å². The van der Waals surface area contributed by atoms with E-state index in [1.54, 1.807) is 12.1 Å². The highest BCUT2D eigenvalue weighted by Crippen LogP contribution is 2.23. The van der Waals surface area contributed by atoms with Gasteiger partial charge in [0.25, 0.3) is 0 Å². The predicted molar refractivity (Wildman–Crippen MR) is 90.9 cm³/mol. The highest BCUT2D eigenvalue weighted by Gasteiger charge is 2.19. The number of carbonyl (C=O) groups is 1. The highest BCUT2D eigenvalue weighted by atomic mass is 19.1. The first-order valence-electron chi connectivity index (χ1n) is 7.77. The lowest BCUT2D eigenvalue weighted by Crippen LogP contribution is -2.34. The number of aromatic amines is 1. The zero-order chi connectivity index (χ0) is 17.1. The molecule has 3 rings (SSSR count). The molecule has 124 valence electrons. The molecule has 3 aromatic rings. The van der Waals surface area contributed by atoms with Gasteiger partial charge in [0.05, 0.1) is 0 Å². The molecular formula is C19H19FN2O2. The van der Waals surface area contributed by atoms with Gasteiger partial charge in [-0.05, 0) is 36.2 Å². The second-order valence-electron chi connectivity index (χ2n) is 5.82. The number of hydrogen-bond acceptors (Lipinski definition) is 3. The Kier molecular flexibility index (Phi) is 4.62. The Morgan fingerprint density at radius 3 is 2.67 bits per heavy atom. The van der Waals surface area contributed by atoms with Crippen LogP contribution >= 0.6 is 0 Å². The van der Waals surface area contributed by atoms with Crippen LogP contribution in [0.15, 0.2) is 48.5 Å². The monoisotopic (exact) mass is 326 g/mol. The second kappa shape index (κ2) is 6.84. The first-order chi connectivity index (χ1) is 11.5. The van der Waals surface area contributed by atoms with E-state index in [1.807, 2.05) is 31.2 Å². The third-order valence-electron chi connectivity index (χ3n) is 4.05. The molecule has 0 aliphatic rings. The normalized spacial score (nSPS) is 12.3. The molecule has 0 fully saturated rings. The topological polar surface area (TPSA) is 68.1 Å². The summed E-state index contributed by atoms with van der Waals surface area (Å²) in [5, 5.41) is 1.07. The van der Waals surface area contributed by atoms with E-state index in [0.717, 1.165) is 27.7 Å². The number of H-pyrrole nitrogens is 1.